The van der Waals surface area contributed by atoms with Gasteiger partial charge in [0.1, 0.15) is 5.75 Å². The molecule has 0 aliphatic heterocycles. The molecule has 1 aromatic carbocycles. The van der Waals surface area contributed by atoms with Crippen LogP contribution in [0.4, 0.5) is 0 Å². The molecule has 2 rings (SSSR count). The first kappa shape index (κ1) is 14.0. The van der Waals surface area contributed by atoms with Crippen molar-refractivity contribution >= 4 is 17.2 Å². The minimum atomic E-state index is -0.192. The van der Waals surface area contributed by atoms with Crippen LogP contribution in [0, 0.1) is 18.3 Å². The highest BCUT2D eigenvalue weighted by atomic mass is 32.1. The van der Waals surface area contributed by atoms with E-state index in [4.69, 9.17) is 10.00 Å². The van der Waals surface area contributed by atoms with Gasteiger partial charge in [0, 0.05) is 4.88 Å². The Hall–Kier alpha value is -2.39. The van der Waals surface area contributed by atoms with Gasteiger partial charge in [0.25, 0.3) is 5.91 Å². The summed E-state index contributed by atoms with van der Waals surface area (Å²) in [5.74, 6) is 0.371. The molecular formula is C14H13N3O2S. The van der Waals surface area contributed by atoms with Crippen molar-refractivity contribution in [2.24, 2.45) is 0 Å². The number of benzene rings is 1. The number of ether oxygens (including phenoxy) is 1. The molecule has 0 spiro atoms. The Kier molecular flexibility index (Phi) is 4.69. The zero-order valence-corrected chi connectivity index (χ0v) is 11.7. The maximum absolute atomic E-state index is 11.6. The third kappa shape index (κ3) is 3.80. The minimum Gasteiger partial charge on any atom is -0.484 e. The van der Waals surface area contributed by atoms with E-state index in [1.54, 1.807) is 29.8 Å². The molecule has 0 aliphatic rings. The molecular weight excluding hydrogens is 274 g/mol. The number of carbonyl (C=O) groups is 1. The minimum absolute atomic E-state index is 0.0518. The van der Waals surface area contributed by atoms with Crippen LogP contribution >= 0.6 is 11.3 Å². The second-order valence-electron chi connectivity index (χ2n) is 4.06. The number of rotatable bonds is 5. The average molecular weight is 287 g/mol. The maximum Gasteiger partial charge on any atom is 0.258 e. The predicted octanol–water partition coefficient (Wildman–Crippen LogP) is 2.02. The molecule has 1 amide bonds. The zero-order valence-electron chi connectivity index (χ0n) is 10.9. The molecule has 1 aromatic heterocycles. The molecule has 0 atom stereocenters. The van der Waals surface area contributed by atoms with Gasteiger partial charge in [-0.3, -0.25) is 4.79 Å². The fourth-order valence-electron chi connectivity index (χ4n) is 1.50. The van der Waals surface area contributed by atoms with E-state index in [-0.39, 0.29) is 12.5 Å². The number of carbonyl (C=O) groups excluding carboxylic acids is 1. The van der Waals surface area contributed by atoms with E-state index in [1.807, 2.05) is 13.0 Å². The molecule has 1 N–H and O–H groups in total. The fraction of sp³-hybridized carbons (Fsp3) is 0.214. The number of nitrogens with one attached hydrogen (secondary N) is 1. The van der Waals surface area contributed by atoms with E-state index in [9.17, 15) is 4.79 Å². The lowest BCUT2D eigenvalue weighted by atomic mass is 10.2. The largest absolute Gasteiger partial charge is 0.484 e. The van der Waals surface area contributed by atoms with E-state index >= 15 is 0 Å². The summed E-state index contributed by atoms with van der Waals surface area (Å²) in [5.41, 5.74) is 3.25. The Bertz CT molecular complexity index is 629. The van der Waals surface area contributed by atoms with Gasteiger partial charge in [-0.25, -0.2) is 4.98 Å². The Morgan fingerprint density at radius 3 is 2.80 bits per heavy atom. The van der Waals surface area contributed by atoms with Gasteiger partial charge in [0.2, 0.25) is 0 Å². The molecule has 5 nitrogen and oxygen atoms in total. The molecule has 20 heavy (non-hydrogen) atoms. The highest BCUT2D eigenvalue weighted by molar-refractivity contribution is 7.09. The first-order valence-electron chi connectivity index (χ1n) is 5.97. The van der Waals surface area contributed by atoms with Crippen molar-refractivity contribution in [2.75, 3.05) is 6.61 Å². The second-order valence-corrected chi connectivity index (χ2v) is 5.00. The Morgan fingerprint density at radius 1 is 1.45 bits per heavy atom. The summed E-state index contributed by atoms with van der Waals surface area (Å²) >= 11 is 1.51. The standard InChI is InChI=1S/C14H13N3O2S/c1-10-13(20-9-17-10)7-16-14(18)8-19-12-4-2-11(6-15)3-5-12/h2-5,9H,7-8H2,1H3,(H,16,18). The Balaban J connectivity index is 1.77. The van der Waals surface area contributed by atoms with Crippen LogP contribution in [0.1, 0.15) is 16.1 Å². The summed E-state index contributed by atoms with van der Waals surface area (Å²) in [6, 6.07) is 8.65. The van der Waals surface area contributed by atoms with Gasteiger partial charge in [-0.05, 0) is 31.2 Å². The molecule has 0 bridgehead atoms. The Labute approximate surface area is 120 Å². The van der Waals surface area contributed by atoms with Crippen LogP contribution < -0.4 is 10.1 Å². The molecule has 0 fully saturated rings. The van der Waals surface area contributed by atoms with Crippen molar-refractivity contribution in [3.8, 4) is 11.8 Å². The van der Waals surface area contributed by atoms with Gasteiger partial charge in [-0.1, -0.05) is 0 Å². The summed E-state index contributed by atoms with van der Waals surface area (Å²) in [7, 11) is 0. The number of amides is 1. The molecule has 0 saturated heterocycles. The van der Waals surface area contributed by atoms with E-state index in [0.717, 1.165) is 10.6 Å². The van der Waals surface area contributed by atoms with Crippen LogP contribution in [-0.2, 0) is 11.3 Å². The van der Waals surface area contributed by atoms with Gasteiger partial charge in [-0.15, -0.1) is 11.3 Å². The number of nitriles is 1. The highest BCUT2D eigenvalue weighted by Crippen LogP contribution is 2.12. The van der Waals surface area contributed by atoms with Crippen molar-refractivity contribution in [3.63, 3.8) is 0 Å². The second kappa shape index (κ2) is 6.68. The number of hydrogen-bond acceptors (Lipinski definition) is 5. The van der Waals surface area contributed by atoms with E-state index in [2.05, 4.69) is 10.3 Å². The van der Waals surface area contributed by atoms with Crippen LogP contribution in [0.5, 0.6) is 5.75 Å². The summed E-state index contributed by atoms with van der Waals surface area (Å²) < 4.78 is 5.33. The Morgan fingerprint density at radius 2 is 2.20 bits per heavy atom. The van der Waals surface area contributed by atoms with Gasteiger partial charge >= 0.3 is 0 Å². The number of aryl methyl sites for hydroxylation is 1. The van der Waals surface area contributed by atoms with Crippen molar-refractivity contribution in [1.29, 1.82) is 5.26 Å². The first-order chi connectivity index (χ1) is 9.69. The van der Waals surface area contributed by atoms with Crippen LogP contribution in [0.25, 0.3) is 0 Å². The maximum atomic E-state index is 11.6. The monoisotopic (exact) mass is 287 g/mol. The first-order valence-corrected chi connectivity index (χ1v) is 6.85. The van der Waals surface area contributed by atoms with Crippen molar-refractivity contribution in [2.45, 2.75) is 13.5 Å². The average Bonchev–Trinajstić information content (AvgIpc) is 2.89. The number of hydrogen-bond donors (Lipinski definition) is 1. The summed E-state index contributed by atoms with van der Waals surface area (Å²) in [4.78, 5) is 16.8. The lowest BCUT2D eigenvalue weighted by molar-refractivity contribution is -0.123. The summed E-state index contributed by atoms with van der Waals surface area (Å²) in [6.45, 7) is 2.32. The highest BCUT2D eigenvalue weighted by Gasteiger charge is 2.06. The van der Waals surface area contributed by atoms with Gasteiger partial charge in [0.05, 0.1) is 29.4 Å². The third-order valence-corrected chi connectivity index (χ3v) is 3.58. The van der Waals surface area contributed by atoms with Crippen LogP contribution in [0.15, 0.2) is 29.8 Å². The van der Waals surface area contributed by atoms with Crippen molar-refractivity contribution in [1.82, 2.24) is 10.3 Å². The molecule has 1 heterocycles. The SMILES string of the molecule is Cc1ncsc1CNC(=O)COc1ccc(C#N)cc1. The van der Waals surface area contributed by atoms with E-state index in [1.165, 1.54) is 11.3 Å². The number of aromatic nitrogens is 1. The molecule has 0 saturated carbocycles. The van der Waals surface area contributed by atoms with Crippen molar-refractivity contribution < 1.29 is 9.53 Å². The molecule has 102 valence electrons. The number of nitrogens with zero attached hydrogens (tertiary/aromatic N) is 2. The molecule has 0 unspecified atom stereocenters. The molecule has 0 aliphatic carbocycles. The van der Waals surface area contributed by atoms with Gasteiger partial charge in [0.15, 0.2) is 6.61 Å². The fourth-order valence-corrected chi connectivity index (χ4v) is 2.22. The quantitative estimate of drug-likeness (QED) is 0.913. The van der Waals surface area contributed by atoms with Crippen LogP contribution in [0.2, 0.25) is 0 Å². The van der Waals surface area contributed by atoms with E-state index < -0.39 is 0 Å². The lowest BCUT2D eigenvalue weighted by Crippen LogP contribution is -2.28. The van der Waals surface area contributed by atoms with Gasteiger partial charge < -0.3 is 10.1 Å². The molecule has 0 radical (unpaired) electrons. The normalized spacial score (nSPS) is 9.80. The zero-order chi connectivity index (χ0) is 14.4. The number of thiazole rings is 1. The van der Waals surface area contributed by atoms with Crippen molar-refractivity contribution in [3.05, 3.63) is 45.9 Å². The lowest BCUT2D eigenvalue weighted by Gasteiger charge is -2.07. The van der Waals surface area contributed by atoms with Crippen LogP contribution in [-0.4, -0.2) is 17.5 Å². The smallest absolute Gasteiger partial charge is 0.258 e. The van der Waals surface area contributed by atoms with Gasteiger partial charge in [-0.2, -0.15) is 5.26 Å². The van der Waals surface area contributed by atoms with E-state index in [0.29, 0.717) is 17.9 Å². The molecule has 2 aromatic rings. The summed E-state index contributed by atoms with van der Waals surface area (Å²) in [6.07, 6.45) is 0. The molecule has 6 heteroatoms. The van der Waals surface area contributed by atoms with Crippen LogP contribution in [0.3, 0.4) is 0 Å². The summed E-state index contributed by atoms with van der Waals surface area (Å²) in [5, 5.41) is 11.4. The third-order valence-electron chi connectivity index (χ3n) is 2.64. The predicted molar refractivity (Wildman–Crippen MR) is 75.3 cm³/mol. The topological polar surface area (TPSA) is 75.0 Å².